The number of nitrogens with one attached hydrogen (secondary N) is 1. The van der Waals surface area contributed by atoms with E-state index in [0.717, 1.165) is 18.1 Å². The molecule has 31 heavy (non-hydrogen) atoms. The summed E-state index contributed by atoms with van der Waals surface area (Å²) in [6.45, 7) is 2.01. The van der Waals surface area contributed by atoms with Crippen LogP contribution in [0, 0.1) is 17.2 Å². The molecular formula is C24H21F3N2O2. The highest BCUT2D eigenvalue weighted by atomic mass is 19.4. The zero-order chi connectivity index (χ0) is 22.6. The Hall–Kier alpha value is -3.37. The van der Waals surface area contributed by atoms with E-state index in [2.05, 4.69) is 5.32 Å². The van der Waals surface area contributed by atoms with Gasteiger partial charge in [0, 0.05) is 12.1 Å². The van der Waals surface area contributed by atoms with Crippen LogP contribution in [0.1, 0.15) is 36.5 Å². The minimum absolute atomic E-state index is 0.0356. The molecule has 0 saturated heterocycles. The smallest absolute Gasteiger partial charge is 0.375 e. The summed E-state index contributed by atoms with van der Waals surface area (Å²) in [5, 5.41) is 22.8. The summed E-state index contributed by atoms with van der Waals surface area (Å²) in [4.78, 5) is 13.1. The van der Waals surface area contributed by atoms with Crippen LogP contribution < -0.4 is 5.32 Å². The number of hydrogen-bond acceptors (Lipinski definition) is 3. The lowest BCUT2D eigenvalue weighted by molar-refractivity contribution is -0.138. The van der Waals surface area contributed by atoms with Gasteiger partial charge in [-0.3, -0.25) is 4.79 Å². The SMILES string of the molecule is CC1C=C(CC(O)(C(=O)Nc2ccc(C#N)c(C(F)(F)F)c2)c2ccccc2)C=CC1. The highest BCUT2D eigenvalue weighted by Gasteiger charge is 2.39. The van der Waals surface area contributed by atoms with Crippen LogP contribution in [0.25, 0.3) is 0 Å². The molecule has 1 aliphatic rings. The van der Waals surface area contributed by atoms with Gasteiger partial charge in [0.05, 0.1) is 17.2 Å². The number of alkyl halides is 3. The average molecular weight is 426 g/mol. The molecule has 160 valence electrons. The van der Waals surface area contributed by atoms with Crippen LogP contribution >= 0.6 is 0 Å². The first kappa shape index (κ1) is 22.3. The van der Waals surface area contributed by atoms with Crippen LogP contribution in [0.3, 0.4) is 0 Å². The van der Waals surface area contributed by atoms with Crippen LogP contribution in [0.5, 0.6) is 0 Å². The van der Waals surface area contributed by atoms with E-state index in [9.17, 15) is 23.1 Å². The third-order valence-corrected chi connectivity index (χ3v) is 5.13. The van der Waals surface area contributed by atoms with E-state index in [0.29, 0.717) is 11.6 Å². The number of allylic oxidation sites excluding steroid dienone is 3. The van der Waals surface area contributed by atoms with Gasteiger partial charge in [-0.1, -0.05) is 55.5 Å². The summed E-state index contributed by atoms with van der Waals surface area (Å²) in [5.74, 6) is -0.611. The molecule has 0 aromatic heterocycles. The quantitative estimate of drug-likeness (QED) is 0.680. The van der Waals surface area contributed by atoms with Crippen molar-refractivity contribution in [3.63, 3.8) is 0 Å². The van der Waals surface area contributed by atoms with Crippen LogP contribution in [0.4, 0.5) is 18.9 Å². The van der Waals surface area contributed by atoms with Crippen molar-refractivity contribution in [2.45, 2.75) is 31.5 Å². The first-order valence-corrected chi connectivity index (χ1v) is 9.71. The Kier molecular flexibility index (Phi) is 6.32. The van der Waals surface area contributed by atoms with E-state index in [4.69, 9.17) is 5.26 Å². The number of halogens is 3. The van der Waals surface area contributed by atoms with Crippen LogP contribution in [0.15, 0.2) is 72.3 Å². The lowest BCUT2D eigenvalue weighted by Gasteiger charge is -2.29. The van der Waals surface area contributed by atoms with E-state index in [-0.39, 0.29) is 18.0 Å². The van der Waals surface area contributed by atoms with Crippen LogP contribution in [-0.4, -0.2) is 11.0 Å². The molecule has 1 aliphatic carbocycles. The Balaban J connectivity index is 1.96. The number of carbonyl (C=O) groups excluding carboxylic acids is 1. The van der Waals surface area contributed by atoms with Gasteiger partial charge in [0.25, 0.3) is 5.91 Å². The molecule has 0 fully saturated rings. The number of hydrogen-bond donors (Lipinski definition) is 2. The molecule has 1 amide bonds. The molecule has 0 radical (unpaired) electrons. The Morgan fingerprint density at radius 2 is 1.94 bits per heavy atom. The number of amides is 1. The molecule has 2 atom stereocenters. The van der Waals surface area contributed by atoms with Gasteiger partial charge in [-0.2, -0.15) is 18.4 Å². The zero-order valence-electron chi connectivity index (χ0n) is 16.8. The van der Waals surface area contributed by atoms with Crippen molar-refractivity contribution >= 4 is 11.6 Å². The summed E-state index contributed by atoms with van der Waals surface area (Å²) in [6, 6.07) is 12.7. The summed E-state index contributed by atoms with van der Waals surface area (Å²) >= 11 is 0. The van der Waals surface area contributed by atoms with E-state index in [1.165, 1.54) is 12.1 Å². The molecule has 4 nitrogen and oxygen atoms in total. The van der Waals surface area contributed by atoms with Crippen molar-refractivity contribution in [3.8, 4) is 6.07 Å². The van der Waals surface area contributed by atoms with Gasteiger partial charge in [-0.05, 0) is 41.7 Å². The zero-order valence-corrected chi connectivity index (χ0v) is 16.8. The van der Waals surface area contributed by atoms with Gasteiger partial charge in [0.15, 0.2) is 5.60 Å². The van der Waals surface area contributed by atoms with E-state index in [1.54, 1.807) is 30.3 Å². The maximum Gasteiger partial charge on any atom is 0.417 e. The molecule has 0 spiro atoms. The first-order valence-electron chi connectivity index (χ1n) is 9.71. The van der Waals surface area contributed by atoms with Crippen molar-refractivity contribution in [2.24, 2.45) is 5.92 Å². The molecule has 7 heteroatoms. The lowest BCUT2D eigenvalue weighted by atomic mass is 9.83. The molecular weight excluding hydrogens is 405 g/mol. The van der Waals surface area contributed by atoms with Crippen molar-refractivity contribution in [1.82, 2.24) is 0 Å². The second-order valence-electron chi connectivity index (χ2n) is 7.58. The fourth-order valence-corrected chi connectivity index (χ4v) is 3.55. The van der Waals surface area contributed by atoms with Gasteiger partial charge < -0.3 is 10.4 Å². The molecule has 0 aliphatic heterocycles. The number of nitrogens with zero attached hydrogens (tertiary/aromatic N) is 1. The number of benzene rings is 2. The standard InChI is InChI=1S/C24H21F3N2O2/c1-16-6-5-7-17(12-16)14-23(31,19-8-3-2-4-9-19)22(30)29-20-11-10-18(15-28)21(13-20)24(25,26)27/h2-5,7-13,16,31H,6,14H2,1H3,(H,29,30). The van der Waals surface area contributed by atoms with Crippen molar-refractivity contribution in [1.29, 1.82) is 5.26 Å². The summed E-state index contributed by atoms with van der Waals surface area (Å²) in [7, 11) is 0. The second kappa shape index (κ2) is 8.78. The predicted molar refractivity (Wildman–Crippen MR) is 111 cm³/mol. The average Bonchev–Trinajstić information content (AvgIpc) is 2.73. The fourth-order valence-electron chi connectivity index (χ4n) is 3.55. The molecule has 0 bridgehead atoms. The molecule has 2 unspecified atom stereocenters. The number of carbonyl (C=O) groups is 1. The van der Waals surface area contributed by atoms with Crippen molar-refractivity contribution < 1.29 is 23.1 Å². The Labute approximate surface area is 178 Å². The molecule has 0 heterocycles. The first-order chi connectivity index (χ1) is 14.6. The number of nitriles is 1. The Morgan fingerprint density at radius 3 is 2.55 bits per heavy atom. The number of anilines is 1. The van der Waals surface area contributed by atoms with Crippen molar-refractivity contribution in [3.05, 3.63) is 89.0 Å². The summed E-state index contributed by atoms with van der Waals surface area (Å²) < 4.78 is 39.8. The second-order valence-corrected chi connectivity index (χ2v) is 7.58. The maximum atomic E-state index is 13.3. The minimum atomic E-state index is -4.75. The molecule has 2 aromatic carbocycles. The van der Waals surface area contributed by atoms with Gasteiger partial charge in [-0.25, -0.2) is 0 Å². The largest absolute Gasteiger partial charge is 0.417 e. The monoisotopic (exact) mass is 426 g/mol. The number of rotatable bonds is 5. The van der Waals surface area contributed by atoms with E-state index >= 15 is 0 Å². The normalized spacial score (nSPS) is 17.9. The van der Waals surface area contributed by atoms with Crippen LogP contribution in [-0.2, 0) is 16.6 Å². The highest BCUT2D eigenvalue weighted by molar-refractivity contribution is 5.98. The van der Waals surface area contributed by atoms with Gasteiger partial charge in [0.1, 0.15) is 0 Å². The number of aliphatic hydroxyl groups is 1. The minimum Gasteiger partial charge on any atom is -0.375 e. The van der Waals surface area contributed by atoms with Crippen molar-refractivity contribution in [2.75, 3.05) is 5.32 Å². The molecule has 3 rings (SSSR count). The van der Waals surface area contributed by atoms with Gasteiger partial charge >= 0.3 is 6.18 Å². The third-order valence-electron chi connectivity index (χ3n) is 5.13. The Bertz CT molecular complexity index is 1070. The maximum absolute atomic E-state index is 13.3. The predicted octanol–water partition coefficient (Wildman–Crippen LogP) is 5.32. The lowest BCUT2D eigenvalue weighted by Crippen LogP contribution is -2.40. The van der Waals surface area contributed by atoms with Gasteiger partial charge in [0.2, 0.25) is 0 Å². The molecule has 2 aromatic rings. The molecule has 0 saturated carbocycles. The Morgan fingerprint density at radius 1 is 1.23 bits per heavy atom. The van der Waals surface area contributed by atoms with E-state index < -0.39 is 28.8 Å². The highest BCUT2D eigenvalue weighted by Crippen LogP contribution is 2.36. The molecule has 2 N–H and O–H groups in total. The third kappa shape index (κ3) is 5.04. The van der Waals surface area contributed by atoms with E-state index in [1.807, 2.05) is 25.2 Å². The summed E-state index contributed by atoms with van der Waals surface area (Å²) in [6.07, 6.45) is 1.82. The van der Waals surface area contributed by atoms with Crippen LogP contribution in [0.2, 0.25) is 0 Å². The summed E-state index contributed by atoms with van der Waals surface area (Å²) in [5.41, 5.74) is -2.77. The topological polar surface area (TPSA) is 73.1 Å². The van der Waals surface area contributed by atoms with Gasteiger partial charge in [-0.15, -0.1) is 0 Å². The fraction of sp³-hybridized carbons (Fsp3) is 0.250.